The molecule has 1 aromatic carbocycles. The molecule has 0 radical (unpaired) electrons. The molecule has 8 heteroatoms. The minimum atomic E-state index is -0.446. The highest BCUT2D eigenvalue weighted by molar-refractivity contribution is 5.92. The summed E-state index contributed by atoms with van der Waals surface area (Å²) in [5.41, 5.74) is 1.14. The molecular weight excluding hydrogens is 339 g/mol. The van der Waals surface area contributed by atoms with Crippen molar-refractivity contribution in [2.24, 2.45) is 5.92 Å². The molecule has 1 N–H and O–H groups in total. The first kappa shape index (κ1) is 17.8. The van der Waals surface area contributed by atoms with Crippen LogP contribution in [0.2, 0.25) is 0 Å². The van der Waals surface area contributed by atoms with Crippen LogP contribution in [0.3, 0.4) is 0 Å². The molecular formula is C18H19FN4O3. The Morgan fingerprint density at radius 1 is 1.31 bits per heavy atom. The van der Waals surface area contributed by atoms with Crippen molar-refractivity contribution in [1.82, 2.24) is 4.98 Å². The van der Waals surface area contributed by atoms with Gasteiger partial charge in [0, 0.05) is 30.3 Å². The summed E-state index contributed by atoms with van der Waals surface area (Å²) in [5, 5.41) is 13.7. The Hall–Kier alpha value is -3.03. The van der Waals surface area contributed by atoms with Gasteiger partial charge in [-0.1, -0.05) is 0 Å². The summed E-state index contributed by atoms with van der Waals surface area (Å²) >= 11 is 0. The lowest BCUT2D eigenvalue weighted by atomic mass is 9.95. The second kappa shape index (κ2) is 7.47. The first-order valence-corrected chi connectivity index (χ1v) is 8.36. The number of pyridine rings is 1. The zero-order valence-corrected chi connectivity index (χ0v) is 14.3. The quantitative estimate of drug-likeness (QED) is 0.669. The summed E-state index contributed by atoms with van der Waals surface area (Å²) in [6.45, 7) is 2.98. The average molecular weight is 358 g/mol. The van der Waals surface area contributed by atoms with Crippen LogP contribution in [0.1, 0.15) is 18.4 Å². The van der Waals surface area contributed by atoms with Crippen LogP contribution in [0, 0.1) is 28.8 Å². The second-order valence-corrected chi connectivity index (χ2v) is 6.34. The van der Waals surface area contributed by atoms with Crippen molar-refractivity contribution in [3.63, 3.8) is 0 Å². The molecule has 0 bridgehead atoms. The van der Waals surface area contributed by atoms with Gasteiger partial charge in [0.1, 0.15) is 17.8 Å². The lowest BCUT2D eigenvalue weighted by Gasteiger charge is -2.32. The number of anilines is 2. The van der Waals surface area contributed by atoms with E-state index in [-0.39, 0.29) is 23.3 Å². The average Bonchev–Trinajstić information content (AvgIpc) is 2.63. The van der Waals surface area contributed by atoms with Gasteiger partial charge >= 0.3 is 0 Å². The van der Waals surface area contributed by atoms with Crippen LogP contribution in [-0.2, 0) is 4.79 Å². The predicted octanol–water partition coefficient (Wildman–Crippen LogP) is 3.29. The molecule has 1 saturated heterocycles. The lowest BCUT2D eigenvalue weighted by molar-refractivity contribution is -0.385. The van der Waals surface area contributed by atoms with Gasteiger partial charge in [-0.3, -0.25) is 14.9 Å². The van der Waals surface area contributed by atoms with Gasteiger partial charge in [-0.2, -0.15) is 0 Å². The van der Waals surface area contributed by atoms with Crippen molar-refractivity contribution >= 4 is 23.1 Å². The number of rotatable bonds is 4. The van der Waals surface area contributed by atoms with Crippen LogP contribution >= 0.6 is 0 Å². The fourth-order valence-corrected chi connectivity index (χ4v) is 3.05. The number of halogens is 1. The van der Waals surface area contributed by atoms with Gasteiger partial charge in [-0.25, -0.2) is 9.37 Å². The standard InChI is InChI=1S/C18H19FN4O3/c1-12-10-17(20-11-16(12)23(25)26)22-8-6-13(7-9-22)18(24)21-15-4-2-14(19)3-5-15/h2-5,10-11,13H,6-9H2,1H3,(H,21,24). The molecule has 1 aliphatic rings. The first-order valence-electron chi connectivity index (χ1n) is 8.36. The van der Waals surface area contributed by atoms with Crippen molar-refractivity contribution in [1.29, 1.82) is 0 Å². The Balaban J connectivity index is 1.58. The Morgan fingerprint density at radius 3 is 2.54 bits per heavy atom. The second-order valence-electron chi connectivity index (χ2n) is 6.34. The first-order chi connectivity index (χ1) is 12.4. The molecule has 1 aromatic heterocycles. The number of hydrogen-bond acceptors (Lipinski definition) is 5. The van der Waals surface area contributed by atoms with Gasteiger partial charge in [0.05, 0.1) is 4.92 Å². The van der Waals surface area contributed by atoms with E-state index < -0.39 is 4.92 Å². The number of carbonyl (C=O) groups is 1. The molecule has 3 rings (SSSR count). The SMILES string of the molecule is Cc1cc(N2CCC(C(=O)Nc3ccc(F)cc3)CC2)ncc1[N+](=O)[O-]. The fourth-order valence-electron chi connectivity index (χ4n) is 3.05. The normalized spacial score (nSPS) is 14.9. The van der Waals surface area contributed by atoms with Crippen LogP contribution < -0.4 is 10.2 Å². The maximum absolute atomic E-state index is 12.9. The number of benzene rings is 1. The third kappa shape index (κ3) is 3.96. The summed E-state index contributed by atoms with van der Waals surface area (Å²) in [7, 11) is 0. The molecule has 7 nitrogen and oxygen atoms in total. The van der Waals surface area contributed by atoms with Crippen LogP contribution in [-0.4, -0.2) is 28.9 Å². The minimum absolute atomic E-state index is 0.00214. The Morgan fingerprint density at radius 2 is 1.96 bits per heavy atom. The van der Waals surface area contributed by atoms with Crippen LogP contribution in [0.5, 0.6) is 0 Å². The van der Waals surface area contributed by atoms with Gasteiger partial charge in [0.15, 0.2) is 0 Å². The van der Waals surface area contributed by atoms with Crippen molar-refractivity contribution in [2.75, 3.05) is 23.3 Å². The van der Waals surface area contributed by atoms with Gasteiger partial charge in [-0.05, 0) is 50.1 Å². The third-order valence-electron chi connectivity index (χ3n) is 4.57. The van der Waals surface area contributed by atoms with E-state index in [9.17, 15) is 19.3 Å². The van der Waals surface area contributed by atoms with Crippen molar-refractivity contribution in [3.05, 3.63) is 58.0 Å². The zero-order chi connectivity index (χ0) is 18.7. The lowest BCUT2D eigenvalue weighted by Crippen LogP contribution is -2.38. The predicted molar refractivity (Wildman–Crippen MR) is 95.6 cm³/mol. The molecule has 2 aromatic rings. The highest BCUT2D eigenvalue weighted by atomic mass is 19.1. The molecule has 0 aliphatic carbocycles. The van der Waals surface area contributed by atoms with E-state index in [0.29, 0.717) is 43.0 Å². The van der Waals surface area contributed by atoms with Gasteiger partial charge in [0.2, 0.25) is 5.91 Å². The molecule has 26 heavy (non-hydrogen) atoms. The maximum atomic E-state index is 12.9. The number of hydrogen-bond donors (Lipinski definition) is 1. The smallest absolute Gasteiger partial charge is 0.290 e. The molecule has 1 fully saturated rings. The fraction of sp³-hybridized carbons (Fsp3) is 0.333. The van der Waals surface area contributed by atoms with E-state index in [1.54, 1.807) is 13.0 Å². The summed E-state index contributed by atoms with van der Waals surface area (Å²) in [5.74, 6) is 0.132. The van der Waals surface area contributed by atoms with E-state index in [4.69, 9.17) is 0 Å². The summed E-state index contributed by atoms with van der Waals surface area (Å²) < 4.78 is 12.9. The highest BCUT2D eigenvalue weighted by Gasteiger charge is 2.26. The Labute approximate surface area is 150 Å². The largest absolute Gasteiger partial charge is 0.357 e. The monoisotopic (exact) mass is 358 g/mol. The van der Waals surface area contributed by atoms with E-state index >= 15 is 0 Å². The molecule has 1 amide bonds. The van der Waals surface area contributed by atoms with Crippen LogP contribution in [0.4, 0.5) is 21.6 Å². The van der Waals surface area contributed by atoms with Gasteiger partial charge in [-0.15, -0.1) is 0 Å². The Kier molecular flexibility index (Phi) is 5.11. The summed E-state index contributed by atoms with van der Waals surface area (Å²) in [6, 6.07) is 7.39. The summed E-state index contributed by atoms with van der Waals surface area (Å²) in [6.07, 6.45) is 2.59. The number of amides is 1. The van der Waals surface area contributed by atoms with E-state index in [0.717, 1.165) is 0 Å². The molecule has 2 heterocycles. The number of aryl methyl sites for hydroxylation is 1. The number of nitrogens with one attached hydrogen (secondary N) is 1. The topological polar surface area (TPSA) is 88.4 Å². The third-order valence-corrected chi connectivity index (χ3v) is 4.57. The molecule has 0 spiro atoms. The van der Waals surface area contributed by atoms with Crippen LogP contribution in [0.15, 0.2) is 36.5 Å². The van der Waals surface area contributed by atoms with Crippen molar-refractivity contribution < 1.29 is 14.1 Å². The van der Waals surface area contributed by atoms with Crippen molar-refractivity contribution in [3.8, 4) is 0 Å². The number of aromatic nitrogens is 1. The number of piperidine rings is 1. The Bertz CT molecular complexity index is 818. The molecule has 0 saturated carbocycles. The molecule has 1 aliphatic heterocycles. The van der Waals surface area contributed by atoms with E-state index in [1.165, 1.54) is 30.5 Å². The van der Waals surface area contributed by atoms with Gasteiger partial charge in [0.25, 0.3) is 5.69 Å². The summed E-state index contributed by atoms with van der Waals surface area (Å²) in [4.78, 5) is 29.0. The van der Waals surface area contributed by atoms with E-state index in [2.05, 4.69) is 10.3 Å². The molecule has 0 atom stereocenters. The minimum Gasteiger partial charge on any atom is -0.357 e. The highest BCUT2D eigenvalue weighted by Crippen LogP contribution is 2.26. The molecule has 0 unspecified atom stereocenters. The maximum Gasteiger partial charge on any atom is 0.290 e. The zero-order valence-electron chi connectivity index (χ0n) is 14.3. The number of nitrogens with zero attached hydrogens (tertiary/aromatic N) is 3. The van der Waals surface area contributed by atoms with Crippen LogP contribution in [0.25, 0.3) is 0 Å². The van der Waals surface area contributed by atoms with Gasteiger partial charge < -0.3 is 10.2 Å². The van der Waals surface area contributed by atoms with E-state index in [1.807, 2.05) is 4.90 Å². The number of carbonyl (C=O) groups excluding carboxylic acids is 1. The number of nitro groups is 1. The molecule has 136 valence electrons. The van der Waals surface area contributed by atoms with Crippen molar-refractivity contribution in [2.45, 2.75) is 19.8 Å².